The Balaban J connectivity index is 2.11. The summed E-state index contributed by atoms with van der Waals surface area (Å²) in [7, 11) is 3.14. The molecule has 1 aromatic rings. The molecule has 110 valence electrons. The lowest BCUT2D eigenvalue weighted by molar-refractivity contribution is -0.124. The zero-order valence-electron chi connectivity index (χ0n) is 11.8. The summed E-state index contributed by atoms with van der Waals surface area (Å²) >= 11 is 0. The van der Waals surface area contributed by atoms with Gasteiger partial charge in [0, 0.05) is 25.2 Å². The summed E-state index contributed by atoms with van der Waals surface area (Å²) in [6, 6.07) is 5.30. The maximum atomic E-state index is 11.3. The SMILES string of the molecule is COc1ccc(OC)c(C(O)CN2CCNC(=O)C2)c1. The molecule has 6 heteroatoms. The number of nitrogens with zero attached hydrogens (tertiary/aromatic N) is 1. The van der Waals surface area contributed by atoms with Crippen LogP contribution < -0.4 is 14.8 Å². The highest BCUT2D eigenvalue weighted by molar-refractivity contribution is 5.78. The smallest absolute Gasteiger partial charge is 0.234 e. The van der Waals surface area contributed by atoms with Crippen LogP contribution in [0.2, 0.25) is 0 Å². The van der Waals surface area contributed by atoms with Crippen molar-refractivity contribution in [2.45, 2.75) is 6.10 Å². The van der Waals surface area contributed by atoms with E-state index in [1.807, 2.05) is 4.90 Å². The van der Waals surface area contributed by atoms with Crippen molar-refractivity contribution in [3.05, 3.63) is 23.8 Å². The van der Waals surface area contributed by atoms with Crippen LogP contribution >= 0.6 is 0 Å². The normalized spacial score (nSPS) is 17.4. The molecule has 2 rings (SSSR count). The van der Waals surface area contributed by atoms with E-state index < -0.39 is 6.10 Å². The molecule has 0 bridgehead atoms. The monoisotopic (exact) mass is 280 g/mol. The molecule has 20 heavy (non-hydrogen) atoms. The molecule has 0 saturated carbocycles. The second-order valence-electron chi connectivity index (χ2n) is 4.71. The number of ether oxygens (including phenoxy) is 2. The van der Waals surface area contributed by atoms with Crippen molar-refractivity contribution in [2.75, 3.05) is 40.4 Å². The van der Waals surface area contributed by atoms with Crippen molar-refractivity contribution in [3.8, 4) is 11.5 Å². The lowest BCUT2D eigenvalue weighted by atomic mass is 10.1. The first-order valence-corrected chi connectivity index (χ1v) is 6.53. The Morgan fingerprint density at radius 2 is 2.20 bits per heavy atom. The maximum absolute atomic E-state index is 11.3. The minimum absolute atomic E-state index is 0.0129. The van der Waals surface area contributed by atoms with Gasteiger partial charge in [0.2, 0.25) is 5.91 Å². The molecule has 1 amide bonds. The average molecular weight is 280 g/mol. The third kappa shape index (κ3) is 3.40. The number of benzene rings is 1. The summed E-state index contributed by atoms with van der Waals surface area (Å²) in [5.41, 5.74) is 0.665. The van der Waals surface area contributed by atoms with E-state index in [-0.39, 0.29) is 5.91 Å². The quantitative estimate of drug-likeness (QED) is 0.804. The van der Waals surface area contributed by atoms with E-state index in [4.69, 9.17) is 9.47 Å². The van der Waals surface area contributed by atoms with Gasteiger partial charge in [-0.3, -0.25) is 9.69 Å². The number of nitrogens with one attached hydrogen (secondary N) is 1. The van der Waals surface area contributed by atoms with Crippen LogP contribution in [-0.2, 0) is 4.79 Å². The second-order valence-corrected chi connectivity index (χ2v) is 4.71. The third-order valence-electron chi connectivity index (χ3n) is 3.34. The molecule has 1 heterocycles. The van der Waals surface area contributed by atoms with Gasteiger partial charge in [0.15, 0.2) is 0 Å². The molecule has 0 aromatic heterocycles. The topological polar surface area (TPSA) is 71.0 Å². The minimum Gasteiger partial charge on any atom is -0.497 e. The Kier molecular flexibility index (Phi) is 4.81. The molecule has 0 aliphatic carbocycles. The van der Waals surface area contributed by atoms with Crippen molar-refractivity contribution in [2.24, 2.45) is 0 Å². The molecule has 1 saturated heterocycles. The van der Waals surface area contributed by atoms with Gasteiger partial charge >= 0.3 is 0 Å². The molecule has 0 spiro atoms. The van der Waals surface area contributed by atoms with Crippen molar-refractivity contribution >= 4 is 5.91 Å². The molecular formula is C14H20N2O4. The molecule has 1 fully saturated rings. The number of rotatable bonds is 5. The number of aliphatic hydroxyl groups is 1. The number of hydrogen-bond acceptors (Lipinski definition) is 5. The molecule has 2 N–H and O–H groups in total. The first-order valence-electron chi connectivity index (χ1n) is 6.53. The van der Waals surface area contributed by atoms with Gasteiger partial charge in [-0.25, -0.2) is 0 Å². The van der Waals surface area contributed by atoms with Gasteiger partial charge in [0.05, 0.1) is 26.9 Å². The van der Waals surface area contributed by atoms with Crippen LogP contribution in [0.3, 0.4) is 0 Å². The fraction of sp³-hybridized carbons (Fsp3) is 0.500. The Morgan fingerprint density at radius 1 is 1.40 bits per heavy atom. The van der Waals surface area contributed by atoms with Crippen LogP contribution in [0.15, 0.2) is 18.2 Å². The Morgan fingerprint density at radius 3 is 2.85 bits per heavy atom. The van der Waals surface area contributed by atoms with E-state index in [9.17, 15) is 9.90 Å². The van der Waals surface area contributed by atoms with E-state index in [1.54, 1.807) is 32.4 Å². The molecule has 1 atom stereocenters. The number of methoxy groups -OCH3 is 2. The molecule has 1 unspecified atom stereocenters. The lowest BCUT2D eigenvalue weighted by Crippen LogP contribution is -2.48. The lowest BCUT2D eigenvalue weighted by Gasteiger charge is -2.28. The maximum Gasteiger partial charge on any atom is 0.234 e. The van der Waals surface area contributed by atoms with E-state index in [1.165, 1.54) is 0 Å². The number of carbonyl (C=O) groups excluding carboxylic acids is 1. The van der Waals surface area contributed by atoms with Gasteiger partial charge in [-0.2, -0.15) is 0 Å². The van der Waals surface area contributed by atoms with Crippen LogP contribution in [0.5, 0.6) is 11.5 Å². The van der Waals surface area contributed by atoms with Crippen LogP contribution in [-0.4, -0.2) is 56.3 Å². The standard InChI is InChI=1S/C14H20N2O4/c1-19-10-3-4-13(20-2)11(7-10)12(17)8-16-6-5-15-14(18)9-16/h3-4,7,12,17H,5-6,8-9H2,1-2H3,(H,15,18). The zero-order chi connectivity index (χ0) is 14.5. The fourth-order valence-electron chi connectivity index (χ4n) is 2.29. The van der Waals surface area contributed by atoms with Crippen molar-refractivity contribution in [1.29, 1.82) is 0 Å². The summed E-state index contributed by atoms with van der Waals surface area (Å²) in [5.74, 6) is 1.26. The average Bonchev–Trinajstić information content (AvgIpc) is 2.46. The van der Waals surface area contributed by atoms with Crippen LogP contribution in [0, 0.1) is 0 Å². The number of aliphatic hydroxyl groups excluding tert-OH is 1. The highest BCUT2D eigenvalue weighted by Gasteiger charge is 2.22. The third-order valence-corrected chi connectivity index (χ3v) is 3.34. The minimum atomic E-state index is -0.731. The second kappa shape index (κ2) is 6.58. The first-order chi connectivity index (χ1) is 9.63. The van der Waals surface area contributed by atoms with E-state index in [0.717, 1.165) is 6.54 Å². The highest BCUT2D eigenvalue weighted by Crippen LogP contribution is 2.29. The highest BCUT2D eigenvalue weighted by atomic mass is 16.5. The van der Waals surface area contributed by atoms with Crippen molar-refractivity contribution < 1.29 is 19.4 Å². The summed E-state index contributed by atoms with van der Waals surface area (Å²) in [4.78, 5) is 13.3. The molecule has 1 aliphatic rings. The largest absolute Gasteiger partial charge is 0.497 e. The van der Waals surface area contributed by atoms with Gasteiger partial charge in [-0.1, -0.05) is 0 Å². The summed E-state index contributed by atoms with van der Waals surface area (Å²) in [5, 5.41) is 13.1. The van der Waals surface area contributed by atoms with E-state index >= 15 is 0 Å². The fourth-order valence-corrected chi connectivity index (χ4v) is 2.29. The molecule has 1 aromatic carbocycles. The molecular weight excluding hydrogens is 260 g/mol. The number of piperazine rings is 1. The number of amides is 1. The van der Waals surface area contributed by atoms with Gasteiger partial charge in [-0.15, -0.1) is 0 Å². The number of hydrogen-bond donors (Lipinski definition) is 2. The predicted molar refractivity (Wildman–Crippen MR) is 74.0 cm³/mol. The van der Waals surface area contributed by atoms with Gasteiger partial charge in [0.25, 0.3) is 0 Å². The van der Waals surface area contributed by atoms with Gasteiger partial charge in [0.1, 0.15) is 11.5 Å². The van der Waals surface area contributed by atoms with Crippen LogP contribution in [0.25, 0.3) is 0 Å². The van der Waals surface area contributed by atoms with E-state index in [2.05, 4.69) is 5.32 Å². The van der Waals surface area contributed by atoms with Crippen LogP contribution in [0.4, 0.5) is 0 Å². The van der Waals surface area contributed by atoms with Crippen molar-refractivity contribution in [3.63, 3.8) is 0 Å². The molecule has 0 radical (unpaired) electrons. The molecule has 6 nitrogen and oxygen atoms in total. The summed E-state index contributed by atoms with van der Waals surface area (Å²) in [6.07, 6.45) is -0.731. The Labute approximate surface area is 118 Å². The van der Waals surface area contributed by atoms with Crippen LogP contribution in [0.1, 0.15) is 11.7 Å². The predicted octanol–water partition coefficient (Wildman–Crippen LogP) is 0.169. The zero-order valence-corrected chi connectivity index (χ0v) is 11.8. The number of carbonyl (C=O) groups is 1. The first kappa shape index (κ1) is 14.6. The van der Waals surface area contributed by atoms with Gasteiger partial charge in [-0.05, 0) is 18.2 Å². The van der Waals surface area contributed by atoms with Crippen molar-refractivity contribution in [1.82, 2.24) is 10.2 Å². The number of β-amino-alcohol motifs (C(OH)–C–C–N with tert-alkyl or cyclic N) is 1. The van der Waals surface area contributed by atoms with E-state index in [0.29, 0.717) is 36.7 Å². The Hall–Kier alpha value is -1.79. The Bertz CT molecular complexity index is 478. The summed E-state index contributed by atoms with van der Waals surface area (Å²) in [6.45, 7) is 2.04. The molecule has 1 aliphatic heterocycles. The van der Waals surface area contributed by atoms with Gasteiger partial charge < -0.3 is 19.9 Å². The summed E-state index contributed by atoms with van der Waals surface area (Å²) < 4.78 is 10.4.